The van der Waals surface area contributed by atoms with Crippen molar-refractivity contribution >= 4 is 11.0 Å². The summed E-state index contributed by atoms with van der Waals surface area (Å²) in [7, 11) is 0. The van der Waals surface area contributed by atoms with E-state index >= 15 is 0 Å². The van der Waals surface area contributed by atoms with Gasteiger partial charge in [-0.1, -0.05) is 25.1 Å². The fourth-order valence-corrected chi connectivity index (χ4v) is 3.20. The van der Waals surface area contributed by atoms with Crippen LogP contribution in [-0.2, 0) is 13.0 Å². The van der Waals surface area contributed by atoms with Crippen LogP contribution in [0.5, 0.6) is 0 Å². The molecule has 0 bridgehead atoms. The van der Waals surface area contributed by atoms with Gasteiger partial charge in [-0.15, -0.1) is 0 Å². The number of hydrogen-bond acceptors (Lipinski definition) is 3. The minimum absolute atomic E-state index is 0.411. The summed E-state index contributed by atoms with van der Waals surface area (Å²) in [5, 5.41) is 4.95. The molecule has 108 valence electrons. The molecular weight excluding hydrogens is 248 g/mol. The van der Waals surface area contributed by atoms with E-state index in [0.717, 1.165) is 37.2 Å². The van der Waals surface area contributed by atoms with Gasteiger partial charge in [0.2, 0.25) is 0 Å². The SMILES string of the molecule is CCc1oc2ccccc2c1CNC1CCC(N)CC1. The number of benzene rings is 1. The summed E-state index contributed by atoms with van der Waals surface area (Å²) in [5.74, 6) is 1.12. The molecule has 3 nitrogen and oxygen atoms in total. The average molecular weight is 272 g/mol. The van der Waals surface area contributed by atoms with E-state index in [1.807, 2.05) is 6.07 Å². The molecule has 1 aliphatic carbocycles. The molecule has 0 saturated heterocycles. The van der Waals surface area contributed by atoms with Gasteiger partial charge in [0.15, 0.2) is 0 Å². The molecule has 1 saturated carbocycles. The first kappa shape index (κ1) is 13.7. The normalized spacial score (nSPS) is 23.3. The number of hydrogen-bond donors (Lipinski definition) is 2. The summed E-state index contributed by atoms with van der Waals surface area (Å²) >= 11 is 0. The summed E-state index contributed by atoms with van der Waals surface area (Å²) in [6, 6.07) is 9.34. The van der Waals surface area contributed by atoms with Crippen molar-refractivity contribution in [2.45, 2.75) is 57.7 Å². The molecule has 3 N–H and O–H groups in total. The van der Waals surface area contributed by atoms with Crippen molar-refractivity contribution in [1.29, 1.82) is 0 Å². The lowest BCUT2D eigenvalue weighted by atomic mass is 9.91. The van der Waals surface area contributed by atoms with Crippen LogP contribution in [0.25, 0.3) is 11.0 Å². The fraction of sp³-hybridized carbons (Fsp3) is 0.529. The molecule has 20 heavy (non-hydrogen) atoms. The second kappa shape index (κ2) is 5.98. The third-order valence-corrected chi connectivity index (χ3v) is 4.44. The maximum atomic E-state index is 5.96. The second-order valence-corrected chi connectivity index (χ2v) is 5.85. The molecule has 3 rings (SSSR count). The van der Waals surface area contributed by atoms with Crippen molar-refractivity contribution in [3.63, 3.8) is 0 Å². The van der Waals surface area contributed by atoms with Gasteiger partial charge >= 0.3 is 0 Å². The van der Waals surface area contributed by atoms with Crippen LogP contribution in [0.3, 0.4) is 0 Å². The van der Waals surface area contributed by atoms with Crippen LogP contribution < -0.4 is 11.1 Å². The van der Waals surface area contributed by atoms with Crippen LogP contribution in [0.4, 0.5) is 0 Å². The van der Waals surface area contributed by atoms with Crippen LogP contribution in [0.1, 0.15) is 43.9 Å². The Bertz CT molecular complexity index is 567. The van der Waals surface area contributed by atoms with E-state index in [9.17, 15) is 0 Å². The zero-order valence-corrected chi connectivity index (χ0v) is 12.2. The van der Waals surface area contributed by atoms with E-state index in [2.05, 4.69) is 30.4 Å². The number of rotatable bonds is 4. The lowest BCUT2D eigenvalue weighted by Gasteiger charge is -2.27. The topological polar surface area (TPSA) is 51.2 Å². The molecule has 0 atom stereocenters. The van der Waals surface area contributed by atoms with Gasteiger partial charge in [-0.3, -0.25) is 0 Å². The van der Waals surface area contributed by atoms with E-state index in [0.29, 0.717) is 12.1 Å². The molecule has 0 unspecified atom stereocenters. The summed E-state index contributed by atoms with van der Waals surface area (Å²) in [5.41, 5.74) is 8.30. The molecule has 2 aromatic rings. The smallest absolute Gasteiger partial charge is 0.134 e. The van der Waals surface area contributed by atoms with Crippen molar-refractivity contribution in [3.05, 3.63) is 35.6 Å². The van der Waals surface area contributed by atoms with Crippen molar-refractivity contribution in [3.8, 4) is 0 Å². The molecule has 0 aliphatic heterocycles. The zero-order valence-electron chi connectivity index (χ0n) is 12.2. The van der Waals surface area contributed by atoms with Crippen molar-refractivity contribution < 1.29 is 4.42 Å². The first-order valence-electron chi connectivity index (χ1n) is 7.76. The Morgan fingerprint density at radius 2 is 1.95 bits per heavy atom. The number of furan rings is 1. The van der Waals surface area contributed by atoms with Crippen LogP contribution in [-0.4, -0.2) is 12.1 Å². The molecular formula is C17H24N2O. The largest absolute Gasteiger partial charge is 0.461 e. The van der Waals surface area contributed by atoms with Crippen LogP contribution in [0.2, 0.25) is 0 Å². The molecule has 1 aromatic heterocycles. The third kappa shape index (κ3) is 2.74. The Balaban J connectivity index is 1.73. The standard InChI is InChI=1S/C17H24N2O/c1-2-16-15(14-5-3-4-6-17(14)20-16)11-19-13-9-7-12(18)8-10-13/h3-6,12-13,19H,2,7-11,18H2,1H3. The number of para-hydroxylation sites is 1. The Morgan fingerprint density at radius 1 is 1.20 bits per heavy atom. The van der Waals surface area contributed by atoms with E-state index < -0.39 is 0 Å². The first-order chi connectivity index (χ1) is 9.78. The van der Waals surface area contributed by atoms with Gasteiger partial charge in [0.1, 0.15) is 11.3 Å². The predicted octanol–water partition coefficient (Wildman–Crippen LogP) is 3.35. The van der Waals surface area contributed by atoms with Gasteiger partial charge in [0.25, 0.3) is 0 Å². The lowest BCUT2D eigenvalue weighted by Crippen LogP contribution is -2.37. The van der Waals surface area contributed by atoms with E-state index in [1.165, 1.54) is 23.8 Å². The molecule has 0 spiro atoms. The van der Waals surface area contributed by atoms with E-state index in [1.54, 1.807) is 0 Å². The van der Waals surface area contributed by atoms with Crippen LogP contribution in [0, 0.1) is 0 Å². The lowest BCUT2D eigenvalue weighted by molar-refractivity contribution is 0.341. The predicted molar refractivity (Wildman–Crippen MR) is 82.7 cm³/mol. The zero-order chi connectivity index (χ0) is 13.9. The quantitative estimate of drug-likeness (QED) is 0.897. The van der Waals surface area contributed by atoms with Gasteiger partial charge < -0.3 is 15.5 Å². The van der Waals surface area contributed by atoms with E-state index in [-0.39, 0.29) is 0 Å². The summed E-state index contributed by atoms with van der Waals surface area (Å²) in [4.78, 5) is 0. The van der Waals surface area contributed by atoms with Crippen molar-refractivity contribution in [1.82, 2.24) is 5.32 Å². The van der Waals surface area contributed by atoms with Crippen LogP contribution >= 0.6 is 0 Å². The molecule has 1 aromatic carbocycles. The van der Waals surface area contributed by atoms with Gasteiger partial charge in [-0.2, -0.15) is 0 Å². The maximum Gasteiger partial charge on any atom is 0.134 e. The second-order valence-electron chi connectivity index (χ2n) is 5.85. The third-order valence-electron chi connectivity index (χ3n) is 4.44. The maximum absolute atomic E-state index is 5.96. The molecule has 3 heteroatoms. The monoisotopic (exact) mass is 272 g/mol. The Morgan fingerprint density at radius 3 is 2.70 bits per heavy atom. The average Bonchev–Trinajstić information content (AvgIpc) is 2.84. The highest BCUT2D eigenvalue weighted by Gasteiger charge is 2.19. The highest BCUT2D eigenvalue weighted by molar-refractivity contribution is 5.82. The number of nitrogens with two attached hydrogens (primary N) is 1. The molecule has 1 heterocycles. The van der Waals surface area contributed by atoms with E-state index in [4.69, 9.17) is 10.2 Å². The Labute approximate surface area is 120 Å². The van der Waals surface area contributed by atoms with Crippen LogP contribution in [0.15, 0.2) is 28.7 Å². The van der Waals surface area contributed by atoms with Gasteiger partial charge in [0, 0.05) is 36.0 Å². The number of nitrogens with one attached hydrogen (secondary N) is 1. The van der Waals surface area contributed by atoms with Gasteiger partial charge in [-0.25, -0.2) is 0 Å². The molecule has 0 radical (unpaired) electrons. The molecule has 1 fully saturated rings. The number of aryl methyl sites for hydroxylation is 1. The Kier molecular flexibility index (Phi) is 4.08. The highest BCUT2D eigenvalue weighted by Crippen LogP contribution is 2.27. The van der Waals surface area contributed by atoms with Gasteiger partial charge in [0.05, 0.1) is 0 Å². The summed E-state index contributed by atoms with van der Waals surface area (Å²) < 4.78 is 5.95. The van der Waals surface area contributed by atoms with Crippen molar-refractivity contribution in [2.75, 3.05) is 0 Å². The first-order valence-corrected chi connectivity index (χ1v) is 7.76. The summed E-state index contributed by atoms with van der Waals surface area (Å²) in [6.07, 6.45) is 5.62. The fourth-order valence-electron chi connectivity index (χ4n) is 3.20. The highest BCUT2D eigenvalue weighted by atomic mass is 16.3. The van der Waals surface area contributed by atoms with Gasteiger partial charge in [-0.05, 0) is 31.7 Å². The minimum Gasteiger partial charge on any atom is -0.461 e. The Hall–Kier alpha value is -1.32. The van der Waals surface area contributed by atoms with Crippen molar-refractivity contribution in [2.24, 2.45) is 5.73 Å². The molecule has 1 aliphatic rings. The minimum atomic E-state index is 0.411. The molecule has 0 amide bonds. The number of fused-ring (bicyclic) bond motifs is 1. The summed E-state index contributed by atoms with van der Waals surface area (Å²) in [6.45, 7) is 3.06.